The molecule has 0 heterocycles. The number of hydrogen-bond donors (Lipinski definition) is 2. The van der Waals surface area contributed by atoms with Gasteiger partial charge in [0.05, 0.1) is 12.6 Å². The van der Waals surface area contributed by atoms with Crippen LogP contribution in [-0.4, -0.2) is 41.5 Å². The van der Waals surface area contributed by atoms with Crippen LogP contribution in [0.2, 0.25) is 0 Å². The van der Waals surface area contributed by atoms with Crippen molar-refractivity contribution < 1.29 is 24.2 Å². The zero-order valence-corrected chi connectivity index (χ0v) is 11.9. The van der Waals surface area contributed by atoms with E-state index in [9.17, 15) is 14.7 Å². The average molecular weight is 273 g/mol. The van der Waals surface area contributed by atoms with E-state index in [1.165, 1.54) is 0 Å². The zero-order chi connectivity index (χ0) is 14.6. The summed E-state index contributed by atoms with van der Waals surface area (Å²) in [6.07, 6.45) is -0.235. The van der Waals surface area contributed by atoms with Gasteiger partial charge in [-0.3, -0.25) is 0 Å². The number of esters is 1. The van der Waals surface area contributed by atoms with E-state index in [1.54, 1.807) is 27.7 Å². The molecule has 0 unspecified atom stereocenters. The highest BCUT2D eigenvalue weighted by molar-refractivity contribution is 5.77. The Morgan fingerprint density at radius 3 is 2.37 bits per heavy atom. The lowest BCUT2D eigenvalue weighted by molar-refractivity contribution is -0.154. The van der Waals surface area contributed by atoms with Gasteiger partial charge in [-0.15, -0.1) is 0 Å². The first kappa shape index (κ1) is 15.8. The summed E-state index contributed by atoms with van der Waals surface area (Å²) in [7, 11) is 0. The van der Waals surface area contributed by atoms with Gasteiger partial charge >= 0.3 is 12.1 Å². The molecule has 1 aliphatic carbocycles. The molecular formula is C13H23NO5. The van der Waals surface area contributed by atoms with E-state index in [0.717, 1.165) is 12.8 Å². The fourth-order valence-electron chi connectivity index (χ4n) is 1.73. The third-order valence-electron chi connectivity index (χ3n) is 2.68. The van der Waals surface area contributed by atoms with Crippen LogP contribution in [0.3, 0.4) is 0 Å². The standard InChI is InChI=1S/C13H23NO5/c1-5-18-11(16)10(15)9(8-6-7-8)14-12(17)19-13(2,3)4/h8-10,15H,5-7H2,1-4H3,(H,14,17)/t9-,10+/m0/s1. The van der Waals surface area contributed by atoms with E-state index in [1.807, 2.05) is 0 Å². The summed E-state index contributed by atoms with van der Waals surface area (Å²) >= 11 is 0. The number of nitrogens with one attached hydrogen (secondary N) is 1. The predicted octanol–water partition coefficient (Wildman–Crippen LogP) is 1.21. The summed E-state index contributed by atoms with van der Waals surface area (Å²) in [5.74, 6) is -0.609. The Labute approximate surface area is 113 Å². The smallest absolute Gasteiger partial charge is 0.407 e. The SMILES string of the molecule is CCOC(=O)[C@H](O)[C@@H](NC(=O)OC(C)(C)C)C1CC1. The molecule has 0 spiro atoms. The normalized spacial score (nSPS) is 18.4. The van der Waals surface area contributed by atoms with Crippen LogP contribution >= 0.6 is 0 Å². The van der Waals surface area contributed by atoms with E-state index in [-0.39, 0.29) is 12.5 Å². The van der Waals surface area contributed by atoms with Crippen molar-refractivity contribution in [1.29, 1.82) is 0 Å². The zero-order valence-electron chi connectivity index (χ0n) is 11.9. The molecule has 0 aromatic rings. The lowest BCUT2D eigenvalue weighted by Gasteiger charge is -2.25. The van der Waals surface area contributed by atoms with Crippen molar-refractivity contribution in [3.8, 4) is 0 Å². The van der Waals surface area contributed by atoms with Crippen LogP contribution in [0.4, 0.5) is 4.79 Å². The van der Waals surface area contributed by atoms with E-state index in [4.69, 9.17) is 9.47 Å². The van der Waals surface area contributed by atoms with Crippen molar-refractivity contribution in [3.63, 3.8) is 0 Å². The highest BCUT2D eigenvalue weighted by Gasteiger charge is 2.41. The number of aliphatic hydroxyl groups excluding tert-OH is 1. The van der Waals surface area contributed by atoms with Gasteiger partial charge in [0, 0.05) is 0 Å². The minimum Gasteiger partial charge on any atom is -0.464 e. The molecule has 0 aromatic heterocycles. The maximum absolute atomic E-state index is 11.7. The molecule has 0 aliphatic heterocycles. The van der Waals surface area contributed by atoms with Gasteiger partial charge in [0.2, 0.25) is 0 Å². The fraction of sp³-hybridized carbons (Fsp3) is 0.846. The summed E-state index contributed by atoms with van der Waals surface area (Å²) in [6, 6.07) is -0.645. The Morgan fingerprint density at radius 1 is 1.37 bits per heavy atom. The van der Waals surface area contributed by atoms with Gasteiger partial charge in [-0.05, 0) is 46.5 Å². The lowest BCUT2D eigenvalue weighted by Crippen LogP contribution is -2.50. The van der Waals surface area contributed by atoms with Gasteiger partial charge in [0.15, 0.2) is 6.10 Å². The van der Waals surface area contributed by atoms with Gasteiger partial charge in [-0.25, -0.2) is 9.59 Å². The summed E-state index contributed by atoms with van der Waals surface area (Å²) in [5, 5.41) is 12.5. The highest BCUT2D eigenvalue weighted by Crippen LogP contribution is 2.34. The minimum absolute atomic E-state index is 0.104. The molecule has 1 aliphatic rings. The molecule has 0 radical (unpaired) electrons. The van der Waals surface area contributed by atoms with Crippen LogP contribution in [0.25, 0.3) is 0 Å². The van der Waals surface area contributed by atoms with Gasteiger partial charge in [0.25, 0.3) is 0 Å². The monoisotopic (exact) mass is 273 g/mol. The quantitative estimate of drug-likeness (QED) is 0.736. The molecule has 0 bridgehead atoms. The molecule has 6 heteroatoms. The molecule has 1 amide bonds. The third kappa shape index (κ3) is 5.46. The molecule has 2 N–H and O–H groups in total. The van der Waals surface area contributed by atoms with Crippen LogP contribution in [0.15, 0.2) is 0 Å². The first-order chi connectivity index (χ1) is 8.74. The van der Waals surface area contributed by atoms with Crippen molar-refractivity contribution in [2.75, 3.05) is 6.61 Å². The Hall–Kier alpha value is -1.30. The summed E-state index contributed by atoms with van der Waals surface area (Å²) in [5.41, 5.74) is -0.618. The maximum Gasteiger partial charge on any atom is 0.407 e. The molecule has 110 valence electrons. The van der Waals surface area contributed by atoms with Gasteiger partial charge in [0.1, 0.15) is 5.60 Å². The van der Waals surface area contributed by atoms with Crippen LogP contribution in [0.1, 0.15) is 40.5 Å². The summed E-state index contributed by atoms with van der Waals surface area (Å²) < 4.78 is 9.89. The molecule has 6 nitrogen and oxygen atoms in total. The number of carbonyl (C=O) groups is 2. The second-order valence-electron chi connectivity index (χ2n) is 5.71. The number of alkyl carbamates (subject to hydrolysis) is 1. The molecule has 0 aromatic carbocycles. The molecule has 2 atom stereocenters. The number of aliphatic hydroxyl groups is 1. The Bertz CT molecular complexity index is 332. The second-order valence-corrected chi connectivity index (χ2v) is 5.71. The van der Waals surface area contributed by atoms with Crippen molar-refractivity contribution in [2.45, 2.75) is 58.3 Å². The van der Waals surface area contributed by atoms with E-state index in [2.05, 4.69) is 5.32 Å². The van der Waals surface area contributed by atoms with Crippen molar-refractivity contribution in [2.24, 2.45) is 5.92 Å². The Morgan fingerprint density at radius 2 is 1.95 bits per heavy atom. The number of hydrogen-bond acceptors (Lipinski definition) is 5. The molecule has 1 fully saturated rings. The van der Waals surface area contributed by atoms with E-state index in [0.29, 0.717) is 0 Å². The topological polar surface area (TPSA) is 84.9 Å². The fourth-order valence-corrected chi connectivity index (χ4v) is 1.73. The number of ether oxygens (including phenoxy) is 2. The summed E-state index contributed by atoms with van der Waals surface area (Å²) in [6.45, 7) is 7.11. The minimum atomic E-state index is -1.35. The van der Waals surface area contributed by atoms with Crippen molar-refractivity contribution >= 4 is 12.1 Å². The molecule has 1 saturated carbocycles. The first-order valence-corrected chi connectivity index (χ1v) is 6.59. The largest absolute Gasteiger partial charge is 0.464 e. The van der Waals surface area contributed by atoms with Gasteiger partial charge < -0.3 is 19.9 Å². The molecule has 0 saturated heterocycles. The number of amides is 1. The predicted molar refractivity (Wildman–Crippen MR) is 68.5 cm³/mol. The van der Waals surface area contributed by atoms with Crippen LogP contribution in [0.5, 0.6) is 0 Å². The maximum atomic E-state index is 11.7. The Kier molecular flexibility index (Phi) is 5.17. The first-order valence-electron chi connectivity index (χ1n) is 6.59. The van der Waals surface area contributed by atoms with Crippen LogP contribution in [-0.2, 0) is 14.3 Å². The van der Waals surface area contributed by atoms with Gasteiger partial charge in [-0.1, -0.05) is 0 Å². The molecular weight excluding hydrogens is 250 g/mol. The number of rotatable bonds is 5. The van der Waals surface area contributed by atoms with Crippen molar-refractivity contribution in [3.05, 3.63) is 0 Å². The van der Waals surface area contributed by atoms with Crippen LogP contribution < -0.4 is 5.32 Å². The number of carbonyl (C=O) groups excluding carboxylic acids is 2. The van der Waals surface area contributed by atoms with Crippen molar-refractivity contribution in [1.82, 2.24) is 5.32 Å². The average Bonchev–Trinajstić information content (AvgIpc) is 3.06. The molecule has 19 heavy (non-hydrogen) atoms. The second kappa shape index (κ2) is 6.23. The Balaban J connectivity index is 2.58. The molecule has 1 rings (SSSR count). The lowest BCUT2D eigenvalue weighted by atomic mass is 10.1. The highest BCUT2D eigenvalue weighted by atomic mass is 16.6. The summed E-state index contributed by atoms with van der Waals surface area (Å²) in [4.78, 5) is 23.2. The van der Waals surface area contributed by atoms with E-state index >= 15 is 0 Å². The van der Waals surface area contributed by atoms with Gasteiger partial charge in [-0.2, -0.15) is 0 Å². The van der Waals surface area contributed by atoms with Crippen LogP contribution in [0, 0.1) is 5.92 Å². The third-order valence-corrected chi connectivity index (χ3v) is 2.68. The van der Waals surface area contributed by atoms with E-state index < -0.39 is 29.8 Å².